The fraction of sp³-hybridized carbons (Fsp3) is 0.233. The zero-order valence-electron chi connectivity index (χ0n) is 23.1. The van der Waals surface area contributed by atoms with E-state index in [0.29, 0.717) is 24.9 Å². The van der Waals surface area contributed by atoms with Crippen molar-refractivity contribution in [1.29, 1.82) is 0 Å². The summed E-state index contributed by atoms with van der Waals surface area (Å²) in [5, 5.41) is 12.5. The van der Waals surface area contributed by atoms with Crippen LogP contribution < -0.4 is 5.32 Å². The molecule has 44 heavy (non-hydrogen) atoms. The molecule has 0 saturated carbocycles. The largest absolute Gasteiger partial charge is 0.487 e. The molecule has 2 aliphatic rings. The molecule has 1 fully saturated rings. The van der Waals surface area contributed by atoms with Gasteiger partial charge in [0.1, 0.15) is 0 Å². The van der Waals surface area contributed by atoms with Crippen LogP contribution in [0.25, 0.3) is 27.7 Å². The fourth-order valence-corrected chi connectivity index (χ4v) is 7.00. The predicted molar refractivity (Wildman–Crippen MR) is 158 cm³/mol. The smallest absolute Gasteiger partial charge is 0.465 e. The minimum absolute atomic E-state index is 0.0124. The number of aromatic nitrogens is 2. The topological polar surface area (TPSA) is 120 Å². The van der Waals surface area contributed by atoms with Crippen molar-refractivity contribution in [3.63, 3.8) is 0 Å². The number of allylic oxidation sites excluding steroid dienone is 1. The Morgan fingerprint density at radius 1 is 1.02 bits per heavy atom. The average molecular weight is 625 g/mol. The number of hydrogen-bond donors (Lipinski definition) is 2. The molecule has 0 radical (unpaired) electrons. The van der Waals surface area contributed by atoms with Crippen molar-refractivity contribution in [2.45, 2.75) is 36.4 Å². The van der Waals surface area contributed by atoms with Crippen LogP contribution in [0.2, 0.25) is 0 Å². The number of amides is 1. The van der Waals surface area contributed by atoms with Gasteiger partial charge in [-0.15, -0.1) is 13.2 Å². The Kier molecular flexibility index (Phi) is 7.63. The van der Waals surface area contributed by atoms with Crippen LogP contribution in [0.1, 0.15) is 18.4 Å². The third kappa shape index (κ3) is 5.53. The van der Waals surface area contributed by atoms with Crippen LogP contribution in [-0.4, -0.2) is 76.3 Å². The number of halogens is 3. The van der Waals surface area contributed by atoms with Gasteiger partial charge in [-0.25, -0.2) is 22.1 Å². The van der Waals surface area contributed by atoms with E-state index < -0.39 is 34.7 Å². The monoisotopic (exact) mass is 624 g/mol. The minimum Gasteiger partial charge on any atom is -0.465 e. The predicted octanol–water partition coefficient (Wildman–Crippen LogP) is 5.20. The molecular formula is C30H27F3N6O4S. The number of aliphatic imine (C=N–C) groups is 1. The van der Waals surface area contributed by atoms with Crippen LogP contribution in [0, 0.1) is 0 Å². The number of piperidine rings is 1. The number of fused-ring (bicyclic) bond motifs is 1. The first-order chi connectivity index (χ1) is 21.0. The molecule has 2 aliphatic heterocycles. The first-order valence-electron chi connectivity index (χ1n) is 13.7. The Morgan fingerprint density at radius 3 is 2.48 bits per heavy atom. The molecule has 6 rings (SSSR count). The zero-order valence-corrected chi connectivity index (χ0v) is 23.9. The molecule has 228 valence electrons. The number of alkyl halides is 3. The maximum absolute atomic E-state index is 14.8. The number of nitrogens with one attached hydrogen (secondary N) is 1. The Balaban J connectivity index is 1.47. The quantitative estimate of drug-likeness (QED) is 0.283. The molecule has 4 aromatic rings. The first-order valence-corrected chi connectivity index (χ1v) is 15.2. The van der Waals surface area contributed by atoms with E-state index in [1.165, 1.54) is 30.6 Å². The second kappa shape index (κ2) is 11.4. The van der Waals surface area contributed by atoms with Crippen molar-refractivity contribution in [1.82, 2.24) is 24.1 Å². The summed E-state index contributed by atoms with van der Waals surface area (Å²) in [6.07, 6.45) is 0.106. The van der Waals surface area contributed by atoms with E-state index in [4.69, 9.17) is 0 Å². The van der Waals surface area contributed by atoms with Gasteiger partial charge in [0.2, 0.25) is 0 Å². The van der Waals surface area contributed by atoms with Crippen molar-refractivity contribution >= 4 is 38.9 Å². The van der Waals surface area contributed by atoms with Crippen LogP contribution in [0.3, 0.4) is 0 Å². The highest BCUT2D eigenvalue weighted by molar-refractivity contribution is 7.90. The summed E-state index contributed by atoms with van der Waals surface area (Å²) in [5.41, 5.74) is 1.33. The third-order valence-electron chi connectivity index (χ3n) is 7.67. The lowest BCUT2D eigenvalue weighted by Gasteiger charge is -2.40. The van der Waals surface area contributed by atoms with Gasteiger partial charge in [0.25, 0.3) is 10.0 Å². The van der Waals surface area contributed by atoms with Crippen molar-refractivity contribution in [3.8, 4) is 11.1 Å². The van der Waals surface area contributed by atoms with Gasteiger partial charge in [-0.05, 0) is 60.4 Å². The van der Waals surface area contributed by atoms with Gasteiger partial charge in [0.15, 0.2) is 6.29 Å². The second-order valence-electron chi connectivity index (χ2n) is 10.4. The summed E-state index contributed by atoms with van der Waals surface area (Å²) in [6.45, 7) is 0.310. The highest BCUT2D eigenvalue weighted by Gasteiger charge is 2.46. The average Bonchev–Trinajstić information content (AvgIpc) is 3.41. The molecule has 0 spiro atoms. The van der Waals surface area contributed by atoms with Gasteiger partial charge in [-0.3, -0.25) is 15.3 Å². The standard InChI is InChI=1S/C30H27F3N6O4S/c31-30(32,33)39-26(12-15-35-28(39)36-22-5-4-16-37(18-22)29(40)41)25-19-38(44(42,43)23-6-2-1-3-7-23)27-17-21(8-9-24(25)27)20-10-13-34-14-11-20/h1-3,6-15,17,19,22,28,36H,4-5,16,18H2,(H,40,41)/t22-,28?/m0/s1. The van der Waals surface area contributed by atoms with E-state index >= 15 is 0 Å². The van der Waals surface area contributed by atoms with E-state index in [9.17, 15) is 31.5 Å². The SMILES string of the molecule is O=C(O)N1CCC[C@H](NC2N=CC=C(c3cn(S(=O)(=O)c4ccccc4)c4cc(-c5ccncc5)ccc34)N2C(F)(F)F)C1. The van der Waals surface area contributed by atoms with Gasteiger partial charge < -0.3 is 10.0 Å². The van der Waals surface area contributed by atoms with Gasteiger partial charge in [0.05, 0.1) is 16.1 Å². The minimum atomic E-state index is -4.92. The number of likely N-dealkylation sites (tertiary alicyclic amines) is 1. The maximum atomic E-state index is 14.8. The molecule has 1 unspecified atom stereocenters. The Morgan fingerprint density at radius 2 is 1.77 bits per heavy atom. The van der Waals surface area contributed by atoms with Crippen molar-refractivity contribution < 1.29 is 31.5 Å². The molecule has 2 N–H and O–H groups in total. The third-order valence-corrected chi connectivity index (χ3v) is 9.36. The lowest BCUT2D eigenvalue weighted by Crippen LogP contribution is -2.57. The number of benzene rings is 2. The van der Waals surface area contributed by atoms with Gasteiger partial charge >= 0.3 is 12.4 Å². The van der Waals surface area contributed by atoms with Crippen LogP contribution in [0.5, 0.6) is 0 Å². The van der Waals surface area contributed by atoms with E-state index in [0.717, 1.165) is 14.4 Å². The lowest BCUT2D eigenvalue weighted by molar-refractivity contribution is -0.237. The van der Waals surface area contributed by atoms with Gasteiger partial charge in [0, 0.05) is 54.9 Å². The fourth-order valence-electron chi connectivity index (χ4n) is 5.61. The Bertz CT molecular complexity index is 1860. The van der Waals surface area contributed by atoms with Crippen LogP contribution in [-0.2, 0) is 10.0 Å². The van der Waals surface area contributed by atoms with E-state index in [1.807, 2.05) is 0 Å². The molecule has 2 atom stereocenters. The van der Waals surface area contributed by atoms with Crippen LogP contribution in [0.4, 0.5) is 18.0 Å². The molecule has 1 saturated heterocycles. The van der Waals surface area contributed by atoms with E-state index in [2.05, 4.69) is 15.3 Å². The second-order valence-corrected chi connectivity index (χ2v) is 12.2. The molecule has 0 aliphatic carbocycles. The normalized spacial score (nSPS) is 19.3. The van der Waals surface area contributed by atoms with Crippen LogP contribution in [0.15, 0.2) is 95.2 Å². The Hall–Kier alpha value is -4.69. The molecular weight excluding hydrogens is 597 g/mol. The molecule has 4 heterocycles. The first kappa shape index (κ1) is 29.4. The van der Waals surface area contributed by atoms with Crippen molar-refractivity contribution in [2.75, 3.05) is 13.1 Å². The number of rotatable bonds is 6. The number of carboxylic acid groups (broad SMARTS) is 1. The summed E-state index contributed by atoms with van der Waals surface area (Å²) >= 11 is 0. The van der Waals surface area contributed by atoms with Gasteiger partial charge in [-0.1, -0.05) is 30.3 Å². The van der Waals surface area contributed by atoms with E-state index in [-0.39, 0.29) is 38.5 Å². The molecule has 2 aromatic carbocycles. The maximum Gasteiger partial charge on any atom is 0.487 e. The lowest BCUT2D eigenvalue weighted by atomic mass is 10.0. The molecule has 1 amide bonds. The summed E-state index contributed by atoms with van der Waals surface area (Å²) in [4.78, 5) is 20.8. The van der Waals surface area contributed by atoms with E-state index in [1.54, 1.807) is 60.9 Å². The van der Waals surface area contributed by atoms with Crippen molar-refractivity contribution in [3.05, 3.63) is 90.9 Å². The number of hydrogen-bond acceptors (Lipinski definition) is 7. The van der Waals surface area contributed by atoms with Gasteiger partial charge in [-0.2, -0.15) is 0 Å². The molecule has 2 aromatic heterocycles. The summed E-state index contributed by atoms with van der Waals surface area (Å²) in [6, 6.07) is 15.5. The molecule has 10 nitrogen and oxygen atoms in total. The number of nitrogens with zero attached hydrogens (tertiary/aromatic N) is 5. The summed E-state index contributed by atoms with van der Waals surface area (Å²) in [7, 11) is -4.22. The Labute approximate surface area is 250 Å². The van der Waals surface area contributed by atoms with Crippen LogP contribution >= 0.6 is 0 Å². The highest BCUT2D eigenvalue weighted by atomic mass is 32.2. The summed E-state index contributed by atoms with van der Waals surface area (Å²) < 4.78 is 73.2. The molecule has 14 heteroatoms. The number of carbonyl (C=O) groups is 1. The highest BCUT2D eigenvalue weighted by Crippen LogP contribution is 2.40. The zero-order chi connectivity index (χ0) is 31.1. The summed E-state index contributed by atoms with van der Waals surface area (Å²) in [5.74, 6) is 0. The molecule has 0 bridgehead atoms. The van der Waals surface area contributed by atoms with Crippen molar-refractivity contribution in [2.24, 2.45) is 4.99 Å². The number of pyridine rings is 1.